The van der Waals surface area contributed by atoms with Crippen molar-refractivity contribution in [1.29, 1.82) is 0 Å². The molecular formula is C6H5FO4. The van der Waals surface area contributed by atoms with E-state index in [9.17, 15) is 14.0 Å². The molecule has 0 saturated carbocycles. The van der Waals surface area contributed by atoms with Crippen molar-refractivity contribution in [2.45, 2.75) is 0 Å². The van der Waals surface area contributed by atoms with Crippen LogP contribution in [0.5, 0.6) is 0 Å². The lowest BCUT2D eigenvalue weighted by Crippen LogP contribution is -1.89. The molecule has 5 heteroatoms. The van der Waals surface area contributed by atoms with Crippen molar-refractivity contribution in [2.75, 3.05) is 0 Å². The summed E-state index contributed by atoms with van der Waals surface area (Å²) in [6, 6.07) is 0. The van der Waals surface area contributed by atoms with Gasteiger partial charge in [0, 0.05) is 6.08 Å². The van der Waals surface area contributed by atoms with Crippen molar-refractivity contribution in [2.24, 2.45) is 0 Å². The second-order valence-electron chi connectivity index (χ2n) is 1.54. The van der Waals surface area contributed by atoms with Gasteiger partial charge < -0.3 is 10.2 Å². The first kappa shape index (κ1) is 9.35. The van der Waals surface area contributed by atoms with E-state index in [0.717, 1.165) is 0 Å². The normalized spacial score (nSPS) is 11.9. The Bertz CT molecular complexity index is 229. The molecule has 0 radical (unpaired) electrons. The fraction of sp³-hybridized carbons (Fsp3) is 0. The Morgan fingerprint density at radius 2 is 1.64 bits per heavy atom. The van der Waals surface area contributed by atoms with E-state index in [1.54, 1.807) is 0 Å². The van der Waals surface area contributed by atoms with Gasteiger partial charge in [-0.1, -0.05) is 0 Å². The lowest BCUT2D eigenvalue weighted by atomic mass is 10.4. The van der Waals surface area contributed by atoms with Crippen molar-refractivity contribution in [3.63, 3.8) is 0 Å². The highest BCUT2D eigenvalue weighted by Crippen LogP contribution is 1.97. The van der Waals surface area contributed by atoms with Crippen molar-refractivity contribution >= 4 is 11.9 Å². The highest BCUT2D eigenvalue weighted by molar-refractivity contribution is 5.83. The molecular weight excluding hydrogens is 155 g/mol. The zero-order chi connectivity index (χ0) is 8.85. The van der Waals surface area contributed by atoms with Gasteiger partial charge in [0.25, 0.3) is 0 Å². The van der Waals surface area contributed by atoms with Crippen LogP contribution in [0.2, 0.25) is 0 Å². The standard InChI is InChI=1S/C6H5FO4/c7-4(3-6(10)11)1-2-5(8)9/h1-3H,(H,8,9)(H,10,11)/b2-1+,4-3-. The Labute approximate surface area is 61.3 Å². The molecule has 0 aliphatic heterocycles. The van der Waals surface area contributed by atoms with Gasteiger partial charge in [-0.15, -0.1) is 0 Å². The molecule has 0 spiro atoms. The van der Waals surface area contributed by atoms with Crippen molar-refractivity contribution in [3.8, 4) is 0 Å². The molecule has 2 N–H and O–H groups in total. The zero-order valence-corrected chi connectivity index (χ0v) is 5.32. The molecule has 0 aromatic rings. The molecule has 11 heavy (non-hydrogen) atoms. The molecule has 0 amide bonds. The number of hydrogen-bond acceptors (Lipinski definition) is 2. The van der Waals surface area contributed by atoms with Gasteiger partial charge >= 0.3 is 11.9 Å². The molecule has 0 bridgehead atoms. The predicted octanol–water partition coefficient (Wildman–Crippen LogP) is 0.565. The van der Waals surface area contributed by atoms with Gasteiger partial charge in [-0.05, 0) is 6.08 Å². The van der Waals surface area contributed by atoms with Gasteiger partial charge in [-0.25, -0.2) is 14.0 Å². The third kappa shape index (κ3) is 6.23. The molecule has 0 fully saturated rings. The van der Waals surface area contributed by atoms with Crippen LogP contribution in [0.3, 0.4) is 0 Å². The average Bonchev–Trinajstić information content (AvgIpc) is 1.82. The zero-order valence-electron chi connectivity index (χ0n) is 5.32. The number of rotatable bonds is 3. The van der Waals surface area contributed by atoms with Gasteiger partial charge in [-0.3, -0.25) is 0 Å². The van der Waals surface area contributed by atoms with Gasteiger partial charge in [0.05, 0.1) is 6.08 Å². The maximum Gasteiger partial charge on any atom is 0.331 e. The first-order chi connectivity index (χ1) is 5.02. The van der Waals surface area contributed by atoms with E-state index >= 15 is 0 Å². The minimum atomic E-state index is -1.46. The number of carboxylic acid groups (broad SMARTS) is 2. The number of hydrogen-bond donors (Lipinski definition) is 2. The Morgan fingerprint density at radius 3 is 2.00 bits per heavy atom. The molecule has 60 valence electrons. The van der Waals surface area contributed by atoms with Gasteiger partial charge in [0.2, 0.25) is 0 Å². The summed E-state index contributed by atoms with van der Waals surface area (Å²) in [4.78, 5) is 19.5. The fourth-order valence-corrected chi connectivity index (χ4v) is 0.317. The van der Waals surface area contributed by atoms with Crippen LogP contribution in [-0.4, -0.2) is 22.2 Å². The molecule has 0 aliphatic carbocycles. The van der Waals surface area contributed by atoms with Gasteiger partial charge in [0.1, 0.15) is 5.83 Å². The topological polar surface area (TPSA) is 74.6 Å². The van der Waals surface area contributed by atoms with Gasteiger partial charge in [-0.2, -0.15) is 0 Å². The van der Waals surface area contributed by atoms with Crippen molar-refractivity contribution < 1.29 is 24.2 Å². The Morgan fingerprint density at radius 1 is 1.09 bits per heavy atom. The first-order valence-electron chi connectivity index (χ1n) is 2.53. The van der Waals surface area contributed by atoms with Crippen LogP contribution in [0, 0.1) is 0 Å². The largest absolute Gasteiger partial charge is 0.478 e. The Balaban J connectivity index is 4.17. The summed E-state index contributed by atoms with van der Waals surface area (Å²) in [6.07, 6.45) is 1.32. The first-order valence-corrected chi connectivity index (χ1v) is 2.53. The van der Waals surface area contributed by atoms with E-state index in [4.69, 9.17) is 10.2 Å². The highest BCUT2D eigenvalue weighted by Gasteiger charge is 1.94. The Hall–Kier alpha value is -1.65. The van der Waals surface area contributed by atoms with E-state index in [2.05, 4.69) is 0 Å². The smallest absolute Gasteiger partial charge is 0.331 e. The lowest BCUT2D eigenvalue weighted by Gasteiger charge is -1.82. The van der Waals surface area contributed by atoms with Crippen molar-refractivity contribution in [1.82, 2.24) is 0 Å². The lowest BCUT2D eigenvalue weighted by molar-refractivity contribution is -0.132. The van der Waals surface area contributed by atoms with Crippen LogP contribution in [0.25, 0.3) is 0 Å². The van der Waals surface area contributed by atoms with E-state index in [1.807, 2.05) is 0 Å². The Kier molecular flexibility index (Phi) is 3.58. The maximum atomic E-state index is 12.1. The number of carboxylic acids is 2. The van der Waals surface area contributed by atoms with Crippen LogP contribution in [-0.2, 0) is 9.59 Å². The summed E-state index contributed by atoms with van der Waals surface area (Å²) in [5.41, 5.74) is 0. The molecule has 0 aliphatic rings. The van der Waals surface area contributed by atoms with Crippen LogP contribution in [0.1, 0.15) is 0 Å². The van der Waals surface area contributed by atoms with E-state index in [1.165, 1.54) is 0 Å². The summed E-state index contributed by atoms with van der Waals surface area (Å²) >= 11 is 0. The minimum Gasteiger partial charge on any atom is -0.478 e. The summed E-state index contributed by atoms with van der Waals surface area (Å²) in [5.74, 6) is -3.91. The summed E-state index contributed by atoms with van der Waals surface area (Å²) in [6.45, 7) is 0. The van der Waals surface area contributed by atoms with Crippen LogP contribution < -0.4 is 0 Å². The molecule has 4 nitrogen and oxygen atoms in total. The van der Waals surface area contributed by atoms with Crippen LogP contribution in [0.4, 0.5) is 4.39 Å². The second kappa shape index (κ2) is 4.21. The third-order valence-electron chi connectivity index (χ3n) is 0.646. The highest BCUT2D eigenvalue weighted by atomic mass is 19.1. The molecule has 0 aromatic heterocycles. The third-order valence-corrected chi connectivity index (χ3v) is 0.646. The number of carbonyl (C=O) groups is 2. The molecule has 0 aromatic carbocycles. The number of halogens is 1. The molecule has 0 rings (SSSR count). The second-order valence-corrected chi connectivity index (χ2v) is 1.54. The molecule has 0 atom stereocenters. The van der Waals surface area contributed by atoms with Crippen LogP contribution in [0.15, 0.2) is 24.1 Å². The van der Waals surface area contributed by atoms with Gasteiger partial charge in [0.15, 0.2) is 0 Å². The number of aliphatic carboxylic acids is 2. The van der Waals surface area contributed by atoms with Crippen LogP contribution >= 0.6 is 0 Å². The predicted molar refractivity (Wildman–Crippen MR) is 33.6 cm³/mol. The molecule has 0 unspecified atom stereocenters. The van der Waals surface area contributed by atoms with Crippen molar-refractivity contribution in [3.05, 3.63) is 24.1 Å². The summed E-state index contributed by atoms with van der Waals surface area (Å²) < 4.78 is 12.1. The fourth-order valence-electron chi connectivity index (χ4n) is 0.317. The molecule has 0 saturated heterocycles. The van der Waals surface area contributed by atoms with E-state index < -0.39 is 17.8 Å². The summed E-state index contributed by atoms with van der Waals surface area (Å²) in [5, 5.41) is 15.9. The summed E-state index contributed by atoms with van der Waals surface area (Å²) in [7, 11) is 0. The van der Waals surface area contributed by atoms with E-state index in [0.29, 0.717) is 12.2 Å². The quantitative estimate of drug-likeness (QED) is 0.467. The molecule has 0 heterocycles. The number of allylic oxidation sites excluding steroid dienone is 2. The minimum absolute atomic E-state index is 0.263. The monoisotopic (exact) mass is 160 g/mol. The SMILES string of the molecule is O=C(O)/C=C(F)/C=C/C(=O)O. The van der Waals surface area contributed by atoms with E-state index in [-0.39, 0.29) is 6.08 Å². The maximum absolute atomic E-state index is 12.1. The average molecular weight is 160 g/mol.